The van der Waals surface area contributed by atoms with Gasteiger partial charge < -0.3 is 14.8 Å². The maximum atomic E-state index is 12.6. The minimum absolute atomic E-state index is 0.102. The van der Waals surface area contributed by atoms with Crippen molar-refractivity contribution in [3.05, 3.63) is 53.5 Å². The molecule has 2 aromatic heterocycles. The van der Waals surface area contributed by atoms with E-state index in [4.69, 9.17) is 0 Å². The zero-order valence-electron chi connectivity index (χ0n) is 14.4. The number of benzene rings is 1. The molecule has 3 aromatic rings. The number of nitrogens with zero attached hydrogens (tertiary/aromatic N) is 4. The Hall–Kier alpha value is -2.89. The highest BCUT2D eigenvalue weighted by atomic mass is 16.1. The van der Waals surface area contributed by atoms with Crippen LogP contribution in [-0.4, -0.2) is 34.5 Å². The lowest BCUT2D eigenvalue weighted by molar-refractivity contribution is 0.0952. The molecule has 0 saturated carbocycles. The van der Waals surface area contributed by atoms with E-state index in [2.05, 4.69) is 15.3 Å². The fraction of sp³-hybridized carbons (Fsp3) is 0.278. The second-order valence-corrected chi connectivity index (χ2v) is 6.04. The second kappa shape index (κ2) is 6.31. The predicted octanol–water partition coefficient (Wildman–Crippen LogP) is 2.27. The Morgan fingerprint density at radius 2 is 2.04 bits per heavy atom. The molecule has 0 aliphatic rings. The van der Waals surface area contributed by atoms with E-state index in [9.17, 15) is 4.79 Å². The van der Waals surface area contributed by atoms with Gasteiger partial charge in [-0.05, 0) is 31.2 Å². The number of amides is 1. The zero-order valence-corrected chi connectivity index (χ0v) is 14.4. The van der Waals surface area contributed by atoms with Gasteiger partial charge in [0.15, 0.2) is 0 Å². The first-order chi connectivity index (χ1) is 11.5. The Kier molecular flexibility index (Phi) is 4.20. The first kappa shape index (κ1) is 16.0. The summed E-state index contributed by atoms with van der Waals surface area (Å²) in [5.74, 6) is 0.541. The third-order valence-electron chi connectivity index (χ3n) is 3.90. The van der Waals surface area contributed by atoms with Crippen LogP contribution in [0, 0.1) is 6.92 Å². The van der Waals surface area contributed by atoms with Crippen molar-refractivity contribution in [2.24, 2.45) is 7.05 Å². The number of hydrogen-bond acceptors (Lipinski definition) is 4. The van der Waals surface area contributed by atoms with Gasteiger partial charge in [0.2, 0.25) is 5.95 Å². The highest BCUT2D eigenvalue weighted by Gasteiger charge is 2.12. The summed E-state index contributed by atoms with van der Waals surface area (Å²) in [6.45, 7) is 2.29. The Labute approximate surface area is 141 Å². The Bertz CT molecular complexity index is 898. The largest absolute Gasteiger partial charge is 0.351 e. The highest BCUT2D eigenvalue weighted by Crippen LogP contribution is 2.19. The van der Waals surface area contributed by atoms with Gasteiger partial charge in [0.05, 0.1) is 12.2 Å². The van der Waals surface area contributed by atoms with Gasteiger partial charge >= 0.3 is 0 Å². The quantitative estimate of drug-likeness (QED) is 0.800. The normalized spacial score (nSPS) is 10.8. The summed E-state index contributed by atoms with van der Waals surface area (Å²) in [6, 6.07) is 9.59. The molecule has 0 bridgehead atoms. The molecule has 0 radical (unpaired) electrons. The number of nitrogens with one attached hydrogen (secondary N) is 1. The maximum absolute atomic E-state index is 12.6. The van der Waals surface area contributed by atoms with Crippen molar-refractivity contribution >= 4 is 22.8 Å². The molecule has 0 fully saturated rings. The van der Waals surface area contributed by atoms with Crippen molar-refractivity contribution in [2.75, 3.05) is 19.0 Å². The maximum Gasteiger partial charge on any atom is 0.252 e. The fourth-order valence-corrected chi connectivity index (χ4v) is 2.67. The lowest BCUT2D eigenvalue weighted by Crippen LogP contribution is -2.24. The molecule has 0 spiro atoms. The third-order valence-corrected chi connectivity index (χ3v) is 3.90. The van der Waals surface area contributed by atoms with E-state index < -0.39 is 0 Å². The molecule has 0 saturated heterocycles. The van der Waals surface area contributed by atoms with Gasteiger partial charge in [0.25, 0.3) is 5.91 Å². The van der Waals surface area contributed by atoms with Crippen LogP contribution in [0.15, 0.2) is 36.5 Å². The molecule has 0 aliphatic heterocycles. The van der Waals surface area contributed by atoms with E-state index in [1.54, 1.807) is 0 Å². The SMILES string of the molecule is Cc1cc(CNC(=O)c2cccc3c2ccn3C)nc(N(C)C)n1. The standard InChI is InChI=1S/C18H21N5O/c1-12-10-13(21-18(20-12)22(2)3)11-19-17(24)15-6-5-7-16-14(15)8-9-23(16)4/h5-10H,11H2,1-4H3,(H,19,24). The lowest BCUT2D eigenvalue weighted by Gasteiger charge is -2.13. The van der Waals surface area contributed by atoms with Gasteiger partial charge in [-0.3, -0.25) is 4.79 Å². The number of fused-ring (bicyclic) bond motifs is 1. The first-order valence-electron chi connectivity index (χ1n) is 7.80. The monoisotopic (exact) mass is 323 g/mol. The van der Waals surface area contributed by atoms with E-state index >= 15 is 0 Å². The van der Waals surface area contributed by atoms with Crippen LogP contribution in [-0.2, 0) is 13.6 Å². The molecule has 2 heterocycles. The van der Waals surface area contributed by atoms with E-state index in [-0.39, 0.29) is 5.91 Å². The smallest absolute Gasteiger partial charge is 0.252 e. The van der Waals surface area contributed by atoms with Crippen LogP contribution in [0.25, 0.3) is 10.9 Å². The molecule has 24 heavy (non-hydrogen) atoms. The number of carbonyl (C=O) groups is 1. The highest BCUT2D eigenvalue weighted by molar-refractivity contribution is 6.06. The van der Waals surface area contributed by atoms with Crippen molar-refractivity contribution in [3.8, 4) is 0 Å². The van der Waals surface area contributed by atoms with Crippen LogP contribution < -0.4 is 10.2 Å². The Balaban J connectivity index is 1.80. The average Bonchev–Trinajstić information content (AvgIpc) is 2.93. The van der Waals surface area contributed by atoms with Crippen molar-refractivity contribution in [1.29, 1.82) is 0 Å². The van der Waals surface area contributed by atoms with Gasteiger partial charge in [-0.15, -0.1) is 0 Å². The van der Waals surface area contributed by atoms with Gasteiger partial charge in [-0.2, -0.15) is 0 Å². The average molecular weight is 323 g/mol. The van der Waals surface area contributed by atoms with Gasteiger partial charge in [0, 0.05) is 49.5 Å². The van der Waals surface area contributed by atoms with Crippen LogP contribution in [0.2, 0.25) is 0 Å². The number of aryl methyl sites for hydroxylation is 2. The van der Waals surface area contributed by atoms with Crippen molar-refractivity contribution < 1.29 is 4.79 Å². The fourth-order valence-electron chi connectivity index (χ4n) is 2.67. The summed E-state index contributed by atoms with van der Waals surface area (Å²) in [5.41, 5.74) is 3.38. The summed E-state index contributed by atoms with van der Waals surface area (Å²) >= 11 is 0. The van der Waals surface area contributed by atoms with Gasteiger partial charge in [-0.1, -0.05) is 6.07 Å². The lowest BCUT2D eigenvalue weighted by atomic mass is 10.1. The molecule has 6 heteroatoms. The van der Waals surface area contributed by atoms with Crippen LogP contribution in [0.3, 0.4) is 0 Å². The van der Waals surface area contributed by atoms with Gasteiger partial charge in [-0.25, -0.2) is 9.97 Å². The van der Waals surface area contributed by atoms with Crippen molar-refractivity contribution in [2.45, 2.75) is 13.5 Å². The van der Waals surface area contributed by atoms with E-state index in [0.29, 0.717) is 18.1 Å². The second-order valence-electron chi connectivity index (χ2n) is 6.04. The van der Waals surface area contributed by atoms with Crippen LogP contribution >= 0.6 is 0 Å². The minimum Gasteiger partial charge on any atom is -0.351 e. The molecule has 0 aliphatic carbocycles. The predicted molar refractivity (Wildman–Crippen MR) is 95.2 cm³/mol. The number of aromatic nitrogens is 3. The summed E-state index contributed by atoms with van der Waals surface area (Å²) in [4.78, 5) is 23.2. The van der Waals surface area contributed by atoms with E-state index in [1.165, 1.54) is 0 Å². The van der Waals surface area contributed by atoms with Crippen LogP contribution in [0.4, 0.5) is 5.95 Å². The van der Waals surface area contributed by atoms with E-state index in [1.807, 2.05) is 74.1 Å². The molecule has 0 unspecified atom stereocenters. The number of anilines is 1. The summed E-state index contributed by atoms with van der Waals surface area (Å²) in [7, 11) is 5.76. The topological polar surface area (TPSA) is 63.1 Å². The molecule has 6 nitrogen and oxygen atoms in total. The molecular weight excluding hydrogens is 302 g/mol. The van der Waals surface area contributed by atoms with Crippen LogP contribution in [0.1, 0.15) is 21.7 Å². The number of carbonyl (C=O) groups excluding carboxylic acids is 1. The van der Waals surface area contributed by atoms with Gasteiger partial charge in [0.1, 0.15) is 0 Å². The molecule has 3 rings (SSSR count). The number of hydrogen-bond donors (Lipinski definition) is 1. The first-order valence-corrected chi connectivity index (χ1v) is 7.80. The van der Waals surface area contributed by atoms with Crippen molar-refractivity contribution in [3.63, 3.8) is 0 Å². The zero-order chi connectivity index (χ0) is 17.3. The molecular formula is C18H21N5O. The van der Waals surface area contributed by atoms with Crippen LogP contribution in [0.5, 0.6) is 0 Å². The number of rotatable bonds is 4. The van der Waals surface area contributed by atoms with Crippen molar-refractivity contribution in [1.82, 2.24) is 19.9 Å². The summed E-state index contributed by atoms with van der Waals surface area (Å²) in [6.07, 6.45) is 1.96. The molecule has 1 aromatic carbocycles. The third kappa shape index (κ3) is 3.08. The Morgan fingerprint density at radius 1 is 1.25 bits per heavy atom. The van der Waals surface area contributed by atoms with E-state index in [0.717, 1.165) is 22.3 Å². The minimum atomic E-state index is -0.102. The molecule has 124 valence electrons. The summed E-state index contributed by atoms with van der Waals surface area (Å²) in [5, 5.41) is 3.90. The molecule has 0 atom stereocenters. The Morgan fingerprint density at radius 3 is 2.79 bits per heavy atom. The summed E-state index contributed by atoms with van der Waals surface area (Å²) < 4.78 is 2.00. The molecule has 1 amide bonds. The molecule has 1 N–H and O–H groups in total.